The molecule has 50 heavy (non-hydrogen) atoms. The molecule has 2 aliphatic rings. The number of hydrogen-bond acceptors (Lipinski definition) is 2. The molecule has 2 nitrogen and oxygen atoms in total. The number of furan rings is 1. The quantitative estimate of drug-likeness (QED) is 0.190. The third-order valence-corrected chi connectivity index (χ3v) is 10.9. The fraction of sp³-hybridized carbons (Fsp3) is 0.106. The lowest BCUT2D eigenvalue weighted by molar-refractivity contribution is 0.590. The maximum Gasteiger partial charge on any atom is 0.145 e. The molecule has 0 saturated carbocycles. The summed E-state index contributed by atoms with van der Waals surface area (Å²) < 4.78 is 23.1. The van der Waals surface area contributed by atoms with Crippen LogP contribution in [0.5, 0.6) is 0 Å². The van der Waals surface area contributed by atoms with Gasteiger partial charge in [-0.05, 0) is 86.8 Å². The van der Waals surface area contributed by atoms with Gasteiger partial charge < -0.3 is 9.32 Å². The Kier molecular flexibility index (Phi) is 5.97. The molecule has 3 heteroatoms. The van der Waals surface area contributed by atoms with Gasteiger partial charge in [0.2, 0.25) is 0 Å². The lowest BCUT2D eigenvalue weighted by Gasteiger charge is -2.32. The van der Waals surface area contributed by atoms with Crippen LogP contribution in [0.15, 0.2) is 156 Å². The summed E-state index contributed by atoms with van der Waals surface area (Å²) in [4.78, 5) is 2.36. The molecule has 0 aliphatic heterocycles. The Morgan fingerprint density at radius 2 is 1.16 bits per heavy atom. The summed E-state index contributed by atoms with van der Waals surface area (Å²) in [6, 6.07) is 52.8. The van der Waals surface area contributed by atoms with E-state index >= 15 is 4.39 Å². The van der Waals surface area contributed by atoms with Crippen molar-refractivity contribution in [1.29, 1.82) is 0 Å². The van der Waals surface area contributed by atoms with Crippen LogP contribution in [0, 0.1) is 5.82 Å². The Morgan fingerprint density at radius 3 is 1.88 bits per heavy atom. The Balaban J connectivity index is 1.39. The molecule has 1 heterocycles. The maximum atomic E-state index is 16.1. The summed E-state index contributed by atoms with van der Waals surface area (Å²) in [5.41, 5.74) is 13.5. The van der Waals surface area contributed by atoms with E-state index in [0.717, 1.165) is 77.9 Å². The van der Waals surface area contributed by atoms with Crippen molar-refractivity contribution < 1.29 is 8.81 Å². The average Bonchev–Trinajstić information content (AvgIpc) is 3.77. The van der Waals surface area contributed by atoms with E-state index in [9.17, 15) is 0 Å². The van der Waals surface area contributed by atoms with E-state index in [1.54, 1.807) is 6.07 Å². The Hall–Kier alpha value is -5.93. The first kappa shape index (κ1) is 29.0. The highest BCUT2D eigenvalue weighted by atomic mass is 19.1. The van der Waals surface area contributed by atoms with Crippen molar-refractivity contribution in [3.8, 4) is 22.3 Å². The standard InChI is InChI=1S/C47H34FNO/c1-46(2,3)29-24-26-31(27-25-29)49(30-14-5-4-6-15-30)40-28-38-43(45-44(40)34-18-9-12-23-41(34)50-45)33-17-8-11-20-36(33)47(38)35-19-10-7-16-32(35)42-37(47)21-13-22-39(42)48/h4-28H,1-3H3. The molecule has 0 bridgehead atoms. The summed E-state index contributed by atoms with van der Waals surface area (Å²) in [6.45, 7) is 6.74. The lowest BCUT2D eigenvalue weighted by atomic mass is 9.70. The SMILES string of the molecule is CC(C)(C)c1ccc(N(c2ccccc2)c2cc3c(c4oc5ccccc5c24)-c2ccccc2C32c3ccccc3-c3c(F)cccc32)cc1. The molecule has 1 spiro atoms. The number of fused-ring (bicyclic) bond motifs is 14. The number of nitrogens with zero attached hydrogens (tertiary/aromatic N) is 1. The van der Waals surface area contributed by atoms with Crippen molar-refractivity contribution in [1.82, 2.24) is 0 Å². The zero-order chi connectivity index (χ0) is 33.8. The van der Waals surface area contributed by atoms with Gasteiger partial charge in [-0.2, -0.15) is 0 Å². The number of benzene rings is 7. The summed E-state index contributed by atoms with van der Waals surface area (Å²) >= 11 is 0. The van der Waals surface area contributed by atoms with Gasteiger partial charge in [-0.3, -0.25) is 0 Å². The molecular formula is C47H34FNO. The molecule has 0 amide bonds. The van der Waals surface area contributed by atoms with Crippen molar-refractivity contribution in [2.75, 3.05) is 4.90 Å². The molecule has 240 valence electrons. The van der Waals surface area contributed by atoms with Crippen LogP contribution >= 0.6 is 0 Å². The zero-order valence-electron chi connectivity index (χ0n) is 28.2. The topological polar surface area (TPSA) is 16.4 Å². The molecular weight excluding hydrogens is 614 g/mol. The smallest absolute Gasteiger partial charge is 0.145 e. The van der Waals surface area contributed by atoms with Gasteiger partial charge in [-0.15, -0.1) is 0 Å². The number of para-hydroxylation sites is 2. The summed E-state index contributed by atoms with van der Waals surface area (Å²) in [5, 5.41) is 2.12. The fourth-order valence-electron chi connectivity index (χ4n) is 8.77. The van der Waals surface area contributed by atoms with Crippen LogP contribution in [0.2, 0.25) is 0 Å². The van der Waals surface area contributed by atoms with E-state index in [1.165, 1.54) is 5.56 Å². The Bertz CT molecular complexity index is 2640. The van der Waals surface area contributed by atoms with Crippen LogP contribution in [-0.4, -0.2) is 0 Å². The monoisotopic (exact) mass is 647 g/mol. The van der Waals surface area contributed by atoms with E-state index in [-0.39, 0.29) is 11.2 Å². The van der Waals surface area contributed by atoms with Crippen LogP contribution in [0.4, 0.5) is 21.5 Å². The van der Waals surface area contributed by atoms with E-state index in [1.807, 2.05) is 18.2 Å². The number of halogens is 1. The van der Waals surface area contributed by atoms with Gasteiger partial charge >= 0.3 is 0 Å². The van der Waals surface area contributed by atoms with Crippen molar-refractivity contribution in [3.05, 3.63) is 185 Å². The summed E-state index contributed by atoms with van der Waals surface area (Å²) in [6.07, 6.45) is 0. The van der Waals surface area contributed by atoms with E-state index in [0.29, 0.717) is 5.56 Å². The van der Waals surface area contributed by atoms with Gasteiger partial charge in [0.15, 0.2) is 0 Å². The fourth-order valence-corrected chi connectivity index (χ4v) is 8.77. The van der Waals surface area contributed by atoms with Gasteiger partial charge in [-0.25, -0.2) is 4.39 Å². The minimum absolute atomic E-state index is 0.0222. The van der Waals surface area contributed by atoms with Crippen LogP contribution in [0.25, 0.3) is 44.2 Å². The number of anilines is 3. The third kappa shape index (κ3) is 3.78. The first-order valence-electron chi connectivity index (χ1n) is 17.3. The molecule has 1 aromatic heterocycles. The molecule has 2 aliphatic carbocycles. The van der Waals surface area contributed by atoms with Gasteiger partial charge in [-0.1, -0.05) is 130 Å². The Labute approximate surface area is 291 Å². The van der Waals surface area contributed by atoms with Crippen LogP contribution in [0.3, 0.4) is 0 Å². The second kappa shape index (κ2) is 10.3. The van der Waals surface area contributed by atoms with Crippen molar-refractivity contribution >= 4 is 39.0 Å². The average molecular weight is 648 g/mol. The van der Waals surface area contributed by atoms with E-state index < -0.39 is 5.41 Å². The van der Waals surface area contributed by atoms with Crippen LogP contribution in [-0.2, 0) is 10.8 Å². The van der Waals surface area contributed by atoms with Crippen molar-refractivity contribution in [2.45, 2.75) is 31.6 Å². The van der Waals surface area contributed by atoms with E-state index in [4.69, 9.17) is 4.42 Å². The second-order valence-corrected chi connectivity index (χ2v) is 14.6. The molecule has 1 atom stereocenters. The van der Waals surface area contributed by atoms with Crippen LogP contribution < -0.4 is 4.90 Å². The Morgan fingerprint density at radius 1 is 0.560 bits per heavy atom. The minimum Gasteiger partial charge on any atom is -0.455 e. The molecule has 0 N–H and O–H groups in total. The van der Waals surface area contributed by atoms with Crippen molar-refractivity contribution in [3.63, 3.8) is 0 Å². The highest BCUT2D eigenvalue weighted by molar-refractivity contribution is 6.19. The number of hydrogen-bond donors (Lipinski definition) is 0. The molecule has 0 saturated heterocycles. The second-order valence-electron chi connectivity index (χ2n) is 14.6. The van der Waals surface area contributed by atoms with Crippen LogP contribution in [0.1, 0.15) is 48.6 Å². The highest BCUT2D eigenvalue weighted by Gasteiger charge is 2.53. The molecule has 0 radical (unpaired) electrons. The summed E-state index contributed by atoms with van der Waals surface area (Å²) in [5.74, 6) is -0.201. The summed E-state index contributed by atoms with van der Waals surface area (Å²) in [7, 11) is 0. The third-order valence-electron chi connectivity index (χ3n) is 10.9. The molecule has 10 rings (SSSR count). The van der Waals surface area contributed by atoms with Gasteiger partial charge in [0, 0.05) is 27.9 Å². The largest absolute Gasteiger partial charge is 0.455 e. The van der Waals surface area contributed by atoms with E-state index in [2.05, 4.69) is 153 Å². The lowest BCUT2D eigenvalue weighted by Crippen LogP contribution is -2.26. The molecule has 8 aromatic rings. The molecule has 1 unspecified atom stereocenters. The van der Waals surface area contributed by atoms with Gasteiger partial charge in [0.1, 0.15) is 17.0 Å². The number of rotatable bonds is 3. The first-order chi connectivity index (χ1) is 24.4. The zero-order valence-corrected chi connectivity index (χ0v) is 28.2. The normalized spacial score (nSPS) is 15.7. The molecule has 0 fully saturated rings. The molecule has 7 aromatic carbocycles. The predicted octanol–water partition coefficient (Wildman–Crippen LogP) is 12.8. The van der Waals surface area contributed by atoms with Gasteiger partial charge in [0.05, 0.1) is 16.5 Å². The highest BCUT2D eigenvalue weighted by Crippen LogP contribution is 2.65. The first-order valence-corrected chi connectivity index (χ1v) is 17.3. The van der Waals surface area contributed by atoms with Gasteiger partial charge in [0.25, 0.3) is 0 Å². The predicted molar refractivity (Wildman–Crippen MR) is 203 cm³/mol. The minimum atomic E-state index is -0.736. The van der Waals surface area contributed by atoms with Crippen molar-refractivity contribution in [2.24, 2.45) is 0 Å². The maximum absolute atomic E-state index is 16.1.